The van der Waals surface area contributed by atoms with Crippen molar-refractivity contribution in [2.45, 2.75) is 19.8 Å². The van der Waals surface area contributed by atoms with E-state index >= 15 is 0 Å². The molecular formula is C19H19NOS. The second kappa shape index (κ2) is 6.32. The molecule has 0 saturated carbocycles. The van der Waals surface area contributed by atoms with Crippen LogP contribution in [0.5, 0.6) is 0 Å². The summed E-state index contributed by atoms with van der Waals surface area (Å²) in [6, 6.07) is 18.4. The van der Waals surface area contributed by atoms with E-state index in [1.54, 1.807) is 11.3 Å². The molecule has 0 aliphatic rings. The third kappa shape index (κ3) is 2.90. The lowest BCUT2D eigenvalue weighted by atomic mass is 10.0. The number of carbonyl (C=O) groups excluding carboxylic acids is 1. The maximum absolute atomic E-state index is 12.5. The van der Waals surface area contributed by atoms with Crippen molar-refractivity contribution in [3.05, 3.63) is 70.6 Å². The van der Waals surface area contributed by atoms with E-state index in [4.69, 9.17) is 0 Å². The fourth-order valence-electron chi connectivity index (χ4n) is 2.62. The smallest absolute Gasteiger partial charge is 0.261 e. The lowest BCUT2D eigenvalue weighted by molar-refractivity contribution is 0.0955. The van der Waals surface area contributed by atoms with Crippen LogP contribution in [0, 0.1) is 6.92 Å². The number of rotatable bonds is 4. The summed E-state index contributed by atoms with van der Waals surface area (Å²) < 4.78 is 1.17. The van der Waals surface area contributed by atoms with E-state index in [2.05, 4.69) is 36.5 Å². The van der Waals surface area contributed by atoms with Gasteiger partial charge in [0, 0.05) is 11.2 Å². The van der Waals surface area contributed by atoms with Crippen LogP contribution >= 0.6 is 11.3 Å². The van der Waals surface area contributed by atoms with E-state index in [1.165, 1.54) is 15.6 Å². The SMILES string of the molecule is Cc1c(C(=O)NC[C@@H](C)c2ccccc2)sc2ccccc12. The lowest BCUT2D eigenvalue weighted by Crippen LogP contribution is -2.27. The van der Waals surface area contributed by atoms with Crippen molar-refractivity contribution < 1.29 is 4.79 Å². The Morgan fingerprint density at radius 3 is 2.50 bits per heavy atom. The van der Waals surface area contributed by atoms with Gasteiger partial charge in [-0.15, -0.1) is 11.3 Å². The second-order valence-electron chi connectivity index (χ2n) is 5.57. The van der Waals surface area contributed by atoms with Crippen LogP contribution < -0.4 is 5.32 Å². The number of carbonyl (C=O) groups is 1. The van der Waals surface area contributed by atoms with Crippen LogP contribution in [-0.2, 0) is 0 Å². The topological polar surface area (TPSA) is 29.1 Å². The Hall–Kier alpha value is -2.13. The minimum Gasteiger partial charge on any atom is -0.351 e. The van der Waals surface area contributed by atoms with Gasteiger partial charge >= 0.3 is 0 Å². The van der Waals surface area contributed by atoms with Gasteiger partial charge in [0.1, 0.15) is 0 Å². The number of benzene rings is 2. The molecule has 0 fully saturated rings. The van der Waals surface area contributed by atoms with Crippen LogP contribution in [0.15, 0.2) is 54.6 Å². The third-order valence-corrected chi connectivity index (χ3v) is 5.26. The van der Waals surface area contributed by atoms with Gasteiger partial charge in [-0.3, -0.25) is 4.79 Å². The normalized spacial score (nSPS) is 12.3. The summed E-state index contributed by atoms with van der Waals surface area (Å²) in [5.41, 5.74) is 2.32. The summed E-state index contributed by atoms with van der Waals surface area (Å²) in [5.74, 6) is 0.335. The van der Waals surface area contributed by atoms with Crippen molar-refractivity contribution in [3.8, 4) is 0 Å². The van der Waals surface area contributed by atoms with Crippen LogP contribution in [0.1, 0.15) is 33.6 Å². The maximum Gasteiger partial charge on any atom is 0.261 e. The highest BCUT2D eigenvalue weighted by Gasteiger charge is 2.16. The molecule has 112 valence electrons. The van der Waals surface area contributed by atoms with E-state index in [0.717, 1.165) is 10.4 Å². The van der Waals surface area contributed by atoms with Gasteiger partial charge in [0.15, 0.2) is 0 Å². The summed E-state index contributed by atoms with van der Waals surface area (Å²) in [4.78, 5) is 13.3. The Labute approximate surface area is 134 Å². The first kappa shape index (κ1) is 14.8. The Balaban J connectivity index is 1.72. The van der Waals surface area contributed by atoms with Crippen molar-refractivity contribution in [3.63, 3.8) is 0 Å². The first-order valence-electron chi connectivity index (χ1n) is 7.48. The second-order valence-corrected chi connectivity index (χ2v) is 6.63. The molecule has 2 aromatic carbocycles. The minimum absolute atomic E-state index is 0.0291. The predicted octanol–water partition coefficient (Wildman–Crippen LogP) is 4.74. The summed E-state index contributed by atoms with van der Waals surface area (Å²) in [7, 11) is 0. The van der Waals surface area contributed by atoms with E-state index < -0.39 is 0 Å². The monoisotopic (exact) mass is 309 g/mol. The maximum atomic E-state index is 12.5. The van der Waals surface area contributed by atoms with Gasteiger partial charge < -0.3 is 5.32 Å². The first-order valence-corrected chi connectivity index (χ1v) is 8.29. The van der Waals surface area contributed by atoms with Gasteiger partial charge in [0.05, 0.1) is 4.88 Å². The van der Waals surface area contributed by atoms with Gasteiger partial charge in [0.2, 0.25) is 0 Å². The zero-order valence-electron chi connectivity index (χ0n) is 12.8. The highest BCUT2D eigenvalue weighted by Crippen LogP contribution is 2.30. The Morgan fingerprint density at radius 1 is 1.09 bits per heavy atom. The van der Waals surface area contributed by atoms with E-state index in [0.29, 0.717) is 12.5 Å². The van der Waals surface area contributed by atoms with E-state index in [-0.39, 0.29) is 5.91 Å². The van der Waals surface area contributed by atoms with Crippen molar-refractivity contribution in [1.82, 2.24) is 5.32 Å². The quantitative estimate of drug-likeness (QED) is 0.741. The van der Waals surface area contributed by atoms with Crippen molar-refractivity contribution in [2.24, 2.45) is 0 Å². The molecule has 3 aromatic rings. The molecule has 2 nitrogen and oxygen atoms in total. The molecule has 3 heteroatoms. The van der Waals surface area contributed by atoms with Gasteiger partial charge in [0.25, 0.3) is 5.91 Å². The average Bonchev–Trinajstić information content (AvgIpc) is 2.90. The number of hydrogen-bond donors (Lipinski definition) is 1. The number of hydrogen-bond acceptors (Lipinski definition) is 2. The molecule has 1 amide bonds. The molecule has 0 spiro atoms. The van der Waals surface area contributed by atoms with Crippen molar-refractivity contribution in [1.29, 1.82) is 0 Å². The van der Waals surface area contributed by atoms with Crippen LogP contribution in [-0.4, -0.2) is 12.5 Å². The van der Waals surface area contributed by atoms with Crippen LogP contribution in [0.2, 0.25) is 0 Å². The van der Waals surface area contributed by atoms with E-state index in [1.807, 2.05) is 37.3 Å². The molecule has 22 heavy (non-hydrogen) atoms. The number of aryl methyl sites for hydroxylation is 1. The molecule has 1 N–H and O–H groups in total. The zero-order valence-corrected chi connectivity index (χ0v) is 13.6. The van der Waals surface area contributed by atoms with Gasteiger partial charge in [-0.1, -0.05) is 55.5 Å². The fourth-order valence-corrected chi connectivity index (χ4v) is 3.74. The van der Waals surface area contributed by atoms with Crippen molar-refractivity contribution in [2.75, 3.05) is 6.54 Å². The van der Waals surface area contributed by atoms with Crippen molar-refractivity contribution >= 4 is 27.3 Å². The molecule has 0 saturated heterocycles. The molecule has 1 aromatic heterocycles. The summed E-state index contributed by atoms with van der Waals surface area (Å²) in [6.45, 7) is 4.80. The molecule has 0 radical (unpaired) electrons. The Kier molecular flexibility index (Phi) is 4.25. The van der Waals surface area contributed by atoms with Crippen LogP contribution in [0.4, 0.5) is 0 Å². The predicted molar refractivity (Wildman–Crippen MR) is 93.8 cm³/mol. The highest BCUT2D eigenvalue weighted by atomic mass is 32.1. The van der Waals surface area contributed by atoms with Gasteiger partial charge in [-0.25, -0.2) is 0 Å². The van der Waals surface area contributed by atoms with E-state index in [9.17, 15) is 4.79 Å². The van der Waals surface area contributed by atoms with Gasteiger partial charge in [-0.2, -0.15) is 0 Å². The molecule has 3 rings (SSSR count). The lowest BCUT2D eigenvalue weighted by Gasteiger charge is -2.12. The molecule has 1 atom stereocenters. The Morgan fingerprint density at radius 2 is 1.77 bits per heavy atom. The molecule has 0 unspecified atom stereocenters. The summed E-state index contributed by atoms with van der Waals surface area (Å²) >= 11 is 1.57. The molecule has 1 heterocycles. The number of nitrogens with one attached hydrogen (secondary N) is 1. The molecule has 0 aliphatic carbocycles. The standard InChI is InChI=1S/C19H19NOS/c1-13(15-8-4-3-5-9-15)12-20-19(21)18-14(2)16-10-6-7-11-17(16)22-18/h3-11,13H,12H2,1-2H3,(H,20,21)/t13-/m1/s1. The third-order valence-electron chi connectivity index (χ3n) is 3.99. The summed E-state index contributed by atoms with van der Waals surface area (Å²) in [6.07, 6.45) is 0. The molecule has 0 aliphatic heterocycles. The number of fused-ring (bicyclic) bond motifs is 1. The zero-order chi connectivity index (χ0) is 15.5. The first-order chi connectivity index (χ1) is 10.7. The molecule has 0 bridgehead atoms. The number of amides is 1. The Bertz CT molecular complexity index is 792. The highest BCUT2D eigenvalue weighted by molar-refractivity contribution is 7.21. The van der Waals surface area contributed by atoms with Crippen LogP contribution in [0.3, 0.4) is 0 Å². The largest absolute Gasteiger partial charge is 0.351 e. The minimum atomic E-state index is 0.0291. The van der Waals surface area contributed by atoms with Gasteiger partial charge in [-0.05, 0) is 35.4 Å². The fraction of sp³-hybridized carbons (Fsp3) is 0.211. The van der Waals surface area contributed by atoms with Crippen LogP contribution in [0.25, 0.3) is 10.1 Å². The average molecular weight is 309 g/mol. The number of thiophene rings is 1. The summed E-state index contributed by atoms with van der Waals surface area (Å²) in [5, 5.41) is 4.25. The molecular weight excluding hydrogens is 290 g/mol.